The smallest absolute Gasteiger partial charge is 0.457 e. The highest BCUT2D eigenvalue weighted by Crippen LogP contribution is 2.43. The quantitative estimate of drug-likeness (QED) is 0.0317. The molecular formula is C41H83O9P. The number of carbonyl (C=O) groups is 1. The molecule has 0 rings (SSSR count). The predicted molar refractivity (Wildman–Crippen MR) is 210 cm³/mol. The molecule has 0 saturated carbocycles. The number of ether oxygens (including phenoxy) is 2. The SMILES string of the molecule is CCCCCCCCCCCCCCCCCCOCC(COP(=O)(O)OCC(O)CO)OC(=O)CCCCCCCCCCCCCCCC. The second kappa shape index (κ2) is 39.2. The van der Waals surface area contributed by atoms with Gasteiger partial charge in [-0.25, -0.2) is 4.57 Å². The molecule has 0 aromatic carbocycles. The molecule has 0 saturated heterocycles. The summed E-state index contributed by atoms with van der Waals surface area (Å²) in [6.07, 6.45) is 36.2. The van der Waals surface area contributed by atoms with E-state index in [9.17, 15) is 19.4 Å². The normalized spacial score (nSPS) is 14.1. The zero-order valence-electron chi connectivity index (χ0n) is 33.3. The van der Waals surface area contributed by atoms with Crippen molar-refractivity contribution in [2.75, 3.05) is 33.0 Å². The molecule has 0 spiro atoms. The minimum absolute atomic E-state index is 0.0580. The molecule has 306 valence electrons. The number of phosphoric ester groups is 1. The first-order chi connectivity index (χ1) is 24.8. The third kappa shape index (κ3) is 39.0. The summed E-state index contributed by atoms with van der Waals surface area (Å²) in [6, 6.07) is 0. The van der Waals surface area contributed by atoms with E-state index < -0.39 is 33.2 Å². The molecule has 3 atom stereocenters. The molecule has 51 heavy (non-hydrogen) atoms. The van der Waals surface area contributed by atoms with Crippen LogP contribution < -0.4 is 0 Å². The molecule has 0 amide bonds. The molecule has 0 bridgehead atoms. The second-order valence-corrected chi connectivity index (χ2v) is 16.2. The van der Waals surface area contributed by atoms with Crippen LogP contribution in [-0.2, 0) is 27.9 Å². The predicted octanol–water partition coefficient (Wildman–Crippen LogP) is 11.5. The minimum atomic E-state index is -4.51. The Kier molecular flexibility index (Phi) is 38.7. The maximum Gasteiger partial charge on any atom is 0.472 e. The van der Waals surface area contributed by atoms with Crippen LogP contribution >= 0.6 is 7.82 Å². The molecule has 3 N–H and O–H groups in total. The molecule has 0 radical (unpaired) electrons. The van der Waals surface area contributed by atoms with Gasteiger partial charge in [0.05, 0.1) is 26.4 Å². The third-order valence-corrected chi connectivity index (χ3v) is 10.5. The van der Waals surface area contributed by atoms with Gasteiger partial charge >= 0.3 is 13.8 Å². The molecular weight excluding hydrogens is 667 g/mol. The Balaban J connectivity index is 4.12. The molecule has 0 aliphatic carbocycles. The van der Waals surface area contributed by atoms with Crippen LogP contribution in [0.15, 0.2) is 0 Å². The van der Waals surface area contributed by atoms with Crippen molar-refractivity contribution in [1.29, 1.82) is 0 Å². The van der Waals surface area contributed by atoms with Crippen molar-refractivity contribution in [1.82, 2.24) is 0 Å². The van der Waals surface area contributed by atoms with E-state index in [0.29, 0.717) is 6.61 Å². The van der Waals surface area contributed by atoms with E-state index in [1.165, 1.54) is 161 Å². The van der Waals surface area contributed by atoms with Gasteiger partial charge in [-0.2, -0.15) is 0 Å². The molecule has 3 unspecified atom stereocenters. The maximum atomic E-state index is 12.6. The molecule has 0 aliphatic heterocycles. The molecule has 0 heterocycles. The summed E-state index contributed by atoms with van der Waals surface area (Å²) in [4.78, 5) is 22.5. The highest BCUT2D eigenvalue weighted by molar-refractivity contribution is 7.47. The monoisotopic (exact) mass is 751 g/mol. The number of phosphoric acid groups is 1. The van der Waals surface area contributed by atoms with Gasteiger partial charge in [0, 0.05) is 13.0 Å². The van der Waals surface area contributed by atoms with Gasteiger partial charge in [0.2, 0.25) is 0 Å². The molecule has 10 heteroatoms. The van der Waals surface area contributed by atoms with Gasteiger partial charge in [0.1, 0.15) is 12.2 Å². The van der Waals surface area contributed by atoms with Gasteiger partial charge in [0.15, 0.2) is 0 Å². The number of hydrogen-bond acceptors (Lipinski definition) is 8. The zero-order chi connectivity index (χ0) is 37.5. The second-order valence-electron chi connectivity index (χ2n) is 14.7. The van der Waals surface area contributed by atoms with Crippen LogP contribution in [0.1, 0.15) is 213 Å². The van der Waals surface area contributed by atoms with Gasteiger partial charge in [-0.3, -0.25) is 13.8 Å². The average Bonchev–Trinajstić information content (AvgIpc) is 3.12. The standard InChI is InChI=1S/C41H83O9P/c1-3-5-7-9-11-13-15-17-19-20-22-24-26-28-30-32-34-47-37-40(38-49-51(45,46)48-36-39(43)35-42)50-41(44)33-31-29-27-25-23-21-18-16-14-12-10-8-6-4-2/h39-40,42-43H,3-38H2,1-2H3,(H,45,46). The van der Waals surface area contributed by atoms with Crippen molar-refractivity contribution >= 4 is 13.8 Å². The van der Waals surface area contributed by atoms with Gasteiger partial charge in [-0.05, 0) is 12.8 Å². The number of rotatable bonds is 42. The summed E-state index contributed by atoms with van der Waals surface area (Å²) in [6.45, 7) is 3.57. The van der Waals surface area contributed by atoms with E-state index >= 15 is 0 Å². The van der Waals surface area contributed by atoms with Crippen LogP contribution in [0.2, 0.25) is 0 Å². The zero-order valence-corrected chi connectivity index (χ0v) is 34.2. The summed E-state index contributed by atoms with van der Waals surface area (Å²) in [5.74, 6) is -0.377. The van der Waals surface area contributed by atoms with Crippen LogP contribution in [0.3, 0.4) is 0 Å². The van der Waals surface area contributed by atoms with Crippen LogP contribution in [0.5, 0.6) is 0 Å². The Morgan fingerprint density at radius 1 is 0.529 bits per heavy atom. The van der Waals surface area contributed by atoms with Gasteiger partial charge < -0.3 is 24.6 Å². The van der Waals surface area contributed by atoms with Crippen molar-refractivity contribution in [2.24, 2.45) is 0 Å². The van der Waals surface area contributed by atoms with E-state index in [1.807, 2.05) is 0 Å². The van der Waals surface area contributed by atoms with Crippen LogP contribution in [-0.4, -0.2) is 66.3 Å². The first kappa shape index (κ1) is 50.5. The Labute approximate surface area is 314 Å². The fourth-order valence-electron chi connectivity index (χ4n) is 6.24. The summed E-state index contributed by atoms with van der Waals surface area (Å²) >= 11 is 0. The fraction of sp³-hybridized carbons (Fsp3) is 0.976. The topological polar surface area (TPSA) is 132 Å². The molecule has 0 fully saturated rings. The lowest BCUT2D eigenvalue weighted by Gasteiger charge is -2.20. The van der Waals surface area contributed by atoms with E-state index in [2.05, 4.69) is 13.8 Å². The summed E-state index contributed by atoms with van der Waals surface area (Å²) in [5, 5.41) is 18.3. The lowest BCUT2D eigenvalue weighted by molar-refractivity contribution is -0.154. The highest BCUT2D eigenvalue weighted by Gasteiger charge is 2.26. The van der Waals surface area contributed by atoms with Crippen molar-refractivity contribution in [3.63, 3.8) is 0 Å². The largest absolute Gasteiger partial charge is 0.472 e. The van der Waals surface area contributed by atoms with E-state index in [1.54, 1.807) is 0 Å². The molecule has 0 aromatic heterocycles. The Hall–Kier alpha value is -0.540. The van der Waals surface area contributed by atoms with Gasteiger partial charge in [-0.15, -0.1) is 0 Å². The van der Waals surface area contributed by atoms with E-state index in [-0.39, 0.29) is 25.6 Å². The first-order valence-corrected chi connectivity index (χ1v) is 23.0. The third-order valence-electron chi connectivity index (χ3n) is 9.54. The number of aliphatic hydroxyl groups excluding tert-OH is 2. The van der Waals surface area contributed by atoms with Crippen molar-refractivity contribution in [2.45, 2.75) is 225 Å². The fourth-order valence-corrected chi connectivity index (χ4v) is 7.03. The number of aliphatic hydroxyl groups is 2. The van der Waals surface area contributed by atoms with Crippen molar-refractivity contribution < 1.29 is 43.0 Å². The average molecular weight is 751 g/mol. The lowest BCUT2D eigenvalue weighted by atomic mass is 10.0. The molecule has 0 aromatic rings. The highest BCUT2D eigenvalue weighted by atomic mass is 31.2. The Morgan fingerprint density at radius 2 is 0.882 bits per heavy atom. The number of carbonyl (C=O) groups excluding carboxylic acids is 1. The van der Waals surface area contributed by atoms with Crippen LogP contribution in [0.25, 0.3) is 0 Å². The Morgan fingerprint density at radius 3 is 1.27 bits per heavy atom. The van der Waals surface area contributed by atoms with E-state index in [4.69, 9.17) is 23.6 Å². The van der Waals surface area contributed by atoms with Crippen molar-refractivity contribution in [3.8, 4) is 0 Å². The van der Waals surface area contributed by atoms with Crippen LogP contribution in [0, 0.1) is 0 Å². The number of esters is 1. The maximum absolute atomic E-state index is 12.6. The molecule has 0 aliphatic rings. The van der Waals surface area contributed by atoms with Crippen LogP contribution in [0.4, 0.5) is 0 Å². The minimum Gasteiger partial charge on any atom is -0.457 e. The number of hydrogen-bond donors (Lipinski definition) is 3. The summed E-state index contributed by atoms with van der Waals surface area (Å²) < 4.78 is 33.4. The Bertz CT molecular complexity index is 769. The number of unbranched alkanes of at least 4 members (excludes halogenated alkanes) is 28. The van der Waals surface area contributed by atoms with Crippen molar-refractivity contribution in [3.05, 3.63) is 0 Å². The van der Waals surface area contributed by atoms with Gasteiger partial charge in [-0.1, -0.05) is 194 Å². The first-order valence-electron chi connectivity index (χ1n) is 21.5. The summed E-state index contributed by atoms with van der Waals surface area (Å²) in [7, 11) is -4.51. The van der Waals surface area contributed by atoms with Gasteiger partial charge in [0.25, 0.3) is 0 Å². The summed E-state index contributed by atoms with van der Waals surface area (Å²) in [5.41, 5.74) is 0. The molecule has 9 nitrogen and oxygen atoms in total. The lowest BCUT2D eigenvalue weighted by Crippen LogP contribution is -2.29. The van der Waals surface area contributed by atoms with E-state index in [0.717, 1.165) is 32.1 Å².